The van der Waals surface area contributed by atoms with Crippen LogP contribution in [0.2, 0.25) is 0 Å². The number of sulfonamides is 1. The number of hydrogen-bond acceptors (Lipinski definition) is 6. The number of rotatable bonds is 9. The summed E-state index contributed by atoms with van der Waals surface area (Å²) in [7, 11) is -2.03. The van der Waals surface area contributed by atoms with Crippen LogP contribution in [-0.2, 0) is 15.6 Å². The summed E-state index contributed by atoms with van der Waals surface area (Å²) in [6.45, 7) is 6.90. The molecule has 0 aliphatic heterocycles. The number of anilines is 1. The topological polar surface area (TPSA) is 98.1 Å². The molecule has 0 saturated heterocycles. The summed E-state index contributed by atoms with van der Waals surface area (Å²) in [6.07, 6.45) is 3.79. The molecule has 0 unspecified atom stereocenters. The first-order chi connectivity index (χ1) is 19.2. The molecule has 0 saturated carbocycles. The molecule has 0 spiro atoms. The highest BCUT2D eigenvalue weighted by Gasteiger charge is 2.21. The Labute approximate surface area is 235 Å². The average Bonchev–Trinajstić information content (AvgIpc) is 3.42. The van der Waals surface area contributed by atoms with Crippen molar-refractivity contribution in [2.45, 2.75) is 31.2 Å². The number of fused-ring (bicyclic) bond motifs is 1. The molecule has 0 aliphatic carbocycles. The van der Waals surface area contributed by atoms with E-state index >= 15 is 0 Å². The van der Waals surface area contributed by atoms with Crippen LogP contribution in [0.3, 0.4) is 0 Å². The van der Waals surface area contributed by atoms with Gasteiger partial charge in [-0.1, -0.05) is 48.5 Å². The Hall–Kier alpha value is -4.21. The van der Waals surface area contributed by atoms with Crippen molar-refractivity contribution in [2.75, 3.05) is 25.5 Å². The lowest BCUT2D eigenvalue weighted by Crippen LogP contribution is -2.29. The van der Waals surface area contributed by atoms with Crippen LogP contribution in [0.15, 0.2) is 96.2 Å². The number of nitrogens with zero attached hydrogens (tertiary/aromatic N) is 3. The molecule has 5 rings (SSSR count). The van der Waals surface area contributed by atoms with Gasteiger partial charge in [-0.2, -0.15) is 5.10 Å². The first-order valence-corrected chi connectivity index (χ1v) is 14.6. The van der Waals surface area contributed by atoms with Gasteiger partial charge in [0.1, 0.15) is 17.3 Å². The normalized spacial score (nSPS) is 12.0. The second-order valence-electron chi connectivity index (χ2n) is 10.5. The Morgan fingerprint density at radius 3 is 2.48 bits per heavy atom. The second-order valence-corrected chi connectivity index (χ2v) is 12.2. The molecule has 0 atom stereocenters. The zero-order valence-corrected chi connectivity index (χ0v) is 23.9. The molecule has 3 aromatic carbocycles. The molecular weight excluding hydrogens is 522 g/mol. The van der Waals surface area contributed by atoms with Gasteiger partial charge in [-0.15, -0.1) is 0 Å². The van der Waals surface area contributed by atoms with Crippen molar-refractivity contribution in [3.63, 3.8) is 0 Å². The van der Waals surface area contributed by atoms with Gasteiger partial charge in [-0.25, -0.2) is 18.1 Å². The van der Waals surface area contributed by atoms with E-state index in [1.54, 1.807) is 25.4 Å². The highest BCUT2D eigenvalue weighted by Crippen LogP contribution is 2.35. The Kier molecular flexibility index (Phi) is 7.60. The van der Waals surface area contributed by atoms with Crippen LogP contribution in [-0.4, -0.2) is 43.4 Å². The Morgan fingerprint density at radius 1 is 0.900 bits per heavy atom. The second kappa shape index (κ2) is 11.1. The molecule has 2 N–H and O–H groups in total. The summed E-state index contributed by atoms with van der Waals surface area (Å²) in [6, 6.07) is 24.5. The third-order valence-corrected chi connectivity index (χ3v) is 8.10. The molecule has 2 aromatic heterocycles. The van der Waals surface area contributed by atoms with Gasteiger partial charge in [0.2, 0.25) is 10.0 Å². The summed E-state index contributed by atoms with van der Waals surface area (Å²) < 4.78 is 36.2. The van der Waals surface area contributed by atoms with Crippen molar-refractivity contribution in [1.82, 2.24) is 19.5 Å². The minimum atomic E-state index is -3.68. The van der Waals surface area contributed by atoms with Crippen molar-refractivity contribution in [3.8, 4) is 28.1 Å². The highest BCUT2D eigenvalue weighted by atomic mass is 32.2. The van der Waals surface area contributed by atoms with Gasteiger partial charge in [0.15, 0.2) is 0 Å². The maximum atomic E-state index is 13.0. The van der Waals surface area contributed by atoms with E-state index in [-0.39, 0.29) is 17.0 Å². The maximum Gasteiger partial charge on any atom is 0.241 e. The van der Waals surface area contributed by atoms with Crippen LogP contribution >= 0.6 is 0 Å². The van der Waals surface area contributed by atoms with Gasteiger partial charge in [0.05, 0.1) is 17.5 Å². The van der Waals surface area contributed by atoms with Gasteiger partial charge in [-0.3, -0.25) is 4.68 Å². The van der Waals surface area contributed by atoms with E-state index in [2.05, 4.69) is 35.8 Å². The predicted octanol–water partition coefficient (Wildman–Crippen LogP) is 5.92. The molecule has 40 heavy (non-hydrogen) atoms. The maximum absolute atomic E-state index is 13.0. The molecule has 5 aromatic rings. The average molecular weight is 556 g/mol. The SMILES string of the molecule is COc1cccc(-c2nn(C(C)(C)C)cc2-c2ccnc(NCCNS(=O)(=O)c3cccc4ccccc34)c2)c1. The van der Waals surface area contributed by atoms with Gasteiger partial charge in [-0.05, 0) is 62.1 Å². The van der Waals surface area contributed by atoms with Crippen LogP contribution < -0.4 is 14.8 Å². The molecule has 0 amide bonds. The number of nitrogens with one attached hydrogen (secondary N) is 2. The van der Waals surface area contributed by atoms with Crippen LogP contribution in [0, 0.1) is 0 Å². The van der Waals surface area contributed by atoms with Crippen LogP contribution in [0.25, 0.3) is 33.2 Å². The lowest BCUT2D eigenvalue weighted by Gasteiger charge is -2.18. The Morgan fingerprint density at radius 2 is 1.68 bits per heavy atom. The van der Waals surface area contributed by atoms with Crippen molar-refractivity contribution >= 4 is 26.6 Å². The number of hydrogen-bond donors (Lipinski definition) is 2. The zero-order valence-electron chi connectivity index (χ0n) is 23.0. The molecule has 206 valence electrons. The summed E-state index contributed by atoms with van der Waals surface area (Å²) in [5, 5.41) is 9.75. The number of methoxy groups -OCH3 is 1. The monoisotopic (exact) mass is 555 g/mol. The quantitative estimate of drug-likeness (QED) is 0.219. The van der Waals surface area contributed by atoms with Crippen molar-refractivity contribution in [2.24, 2.45) is 0 Å². The van der Waals surface area contributed by atoms with Gasteiger partial charge in [0, 0.05) is 42.0 Å². The van der Waals surface area contributed by atoms with E-state index < -0.39 is 10.0 Å². The molecule has 0 bridgehead atoms. The molecule has 2 heterocycles. The number of pyridine rings is 1. The fourth-order valence-electron chi connectivity index (χ4n) is 4.49. The first kappa shape index (κ1) is 27.4. The van der Waals surface area contributed by atoms with Crippen molar-refractivity contribution < 1.29 is 13.2 Å². The lowest BCUT2D eigenvalue weighted by atomic mass is 10.0. The molecule has 0 aliphatic rings. The zero-order chi connectivity index (χ0) is 28.3. The third-order valence-electron chi connectivity index (χ3n) is 6.58. The van der Waals surface area contributed by atoms with E-state index in [4.69, 9.17) is 9.84 Å². The fraction of sp³-hybridized carbons (Fsp3) is 0.226. The third kappa shape index (κ3) is 5.85. The molecule has 0 radical (unpaired) electrons. The Bertz CT molecular complexity index is 1750. The van der Waals surface area contributed by atoms with Crippen LogP contribution in [0.4, 0.5) is 5.82 Å². The highest BCUT2D eigenvalue weighted by molar-refractivity contribution is 7.89. The van der Waals surface area contributed by atoms with Gasteiger partial charge >= 0.3 is 0 Å². The lowest BCUT2D eigenvalue weighted by molar-refractivity contribution is 0.356. The molecule has 8 nitrogen and oxygen atoms in total. The first-order valence-electron chi connectivity index (χ1n) is 13.1. The minimum absolute atomic E-state index is 0.203. The summed E-state index contributed by atoms with van der Waals surface area (Å²) >= 11 is 0. The van der Waals surface area contributed by atoms with E-state index in [9.17, 15) is 8.42 Å². The van der Waals surface area contributed by atoms with E-state index in [1.165, 1.54) is 0 Å². The number of ether oxygens (including phenoxy) is 1. The Balaban J connectivity index is 1.34. The van der Waals surface area contributed by atoms with Gasteiger partial charge < -0.3 is 10.1 Å². The minimum Gasteiger partial charge on any atom is -0.497 e. The summed E-state index contributed by atoms with van der Waals surface area (Å²) in [5.41, 5.74) is 3.49. The van der Waals surface area contributed by atoms with E-state index in [0.29, 0.717) is 17.7 Å². The number of aromatic nitrogens is 3. The summed E-state index contributed by atoms with van der Waals surface area (Å²) in [5.74, 6) is 1.40. The smallest absolute Gasteiger partial charge is 0.241 e. The fourth-order valence-corrected chi connectivity index (χ4v) is 5.75. The van der Waals surface area contributed by atoms with Gasteiger partial charge in [0.25, 0.3) is 0 Å². The predicted molar refractivity (Wildman–Crippen MR) is 160 cm³/mol. The van der Waals surface area contributed by atoms with Crippen LogP contribution in [0.1, 0.15) is 20.8 Å². The molecule has 0 fully saturated rings. The molecular formula is C31H33N5O3S. The van der Waals surface area contributed by atoms with E-state index in [1.807, 2.05) is 77.6 Å². The van der Waals surface area contributed by atoms with Crippen LogP contribution in [0.5, 0.6) is 5.75 Å². The van der Waals surface area contributed by atoms with E-state index in [0.717, 1.165) is 33.5 Å². The standard InChI is InChI=1S/C31H33N5O3S/c1-31(2,3)36-21-27(30(35-36)24-11-7-12-25(19-24)39-4)23-15-16-32-29(20-23)33-17-18-34-40(37,38)28-14-8-10-22-9-5-6-13-26(22)28/h5-16,19-21,34H,17-18H2,1-4H3,(H,32,33). The largest absolute Gasteiger partial charge is 0.497 e. The van der Waals surface area contributed by atoms with Crippen molar-refractivity contribution in [1.29, 1.82) is 0 Å². The number of benzene rings is 3. The molecule has 9 heteroatoms. The van der Waals surface area contributed by atoms with Crippen molar-refractivity contribution in [3.05, 3.63) is 91.3 Å². The summed E-state index contributed by atoms with van der Waals surface area (Å²) in [4.78, 5) is 4.72.